The molecule has 0 aliphatic heterocycles. The fraction of sp³-hybridized carbons (Fsp3) is 0.727. The minimum atomic E-state index is 0.256. The van der Waals surface area contributed by atoms with E-state index in [1.54, 1.807) is 0 Å². The lowest BCUT2D eigenvalue weighted by molar-refractivity contribution is -0.118. The molecule has 1 heterocycles. The van der Waals surface area contributed by atoms with Gasteiger partial charge in [0.25, 0.3) is 0 Å². The highest BCUT2D eigenvalue weighted by Crippen LogP contribution is 2.07. The number of rotatable bonds is 6. The SMILES string of the molecule is CCCCC(=O)Cc1ncnn1C(C)C. The summed E-state index contributed by atoms with van der Waals surface area (Å²) in [5, 5.41) is 4.10. The van der Waals surface area contributed by atoms with Gasteiger partial charge in [-0.15, -0.1) is 0 Å². The molecule has 0 aliphatic carbocycles. The molecule has 15 heavy (non-hydrogen) atoms. The van der Waals surface area contributed by atoms with Gasteiger partial charge in [0.15, 0.2) is 0 Å². The summed E-state index contributed by atoms with van der Waals surface area (Å²) >= 11 is 0. The van der Waals surface area contributed by atoms with Crippen molar-refractivity contribution >= 4 is 5.78 Å². The normalized spacial score (nSPS) is 10.9. The van der Waals surface area contributed by atoms with Crippen molar-refractivity contribution < 1.29 is 4.79 Å². The van der Waals surface area contributed by atoms with Gasteiger partial charge >= 0.3 is 0 Å². The predicted octanol–water partition coefficient (Wildman–Crippen LogP) is 2.16. The summed E-state index contributed by atoms with van der Waals surface area (Å²) in [5.74, 6) is 1.04. The van der Waals surface area contributed by atoms with Crippen molar-refractivity contribution in [2.24, 2.45) is 0 Å². The summed E-state index contributed by atoms with van der Waals surface area (Å²) in [6.45, 7) is 6.16. The van der Waals surface area contributed by atoms with Gasteiger partial charge in [-0.05, 0) is 20.3 Å². The predicted molar refractivity (Wildman–Crippen MR) is 58.6 cm³/mol. The number of nitrogens with zero attached hydrogens (tertiary/aromatic N) is 3. The second kappa shape index (κ2) is 5.63. The second-order valence-electron chi connectivity index (χ2n) is 4.03. The monoisotopic (exact) mass is 209 g/mol. The lowest BCUT2D eigenvalue weighted by atomic mass is 10.1. The van der Waals surface area contributed by atoms with Crippen LogP contribution in [0.1, 0.15) is 51.9 Å². The molecule has 1 rings (SSSR count). The van der Waals surface area contributed by atoms with E-state index in [9.17, 15) is 4.79 Å². The molecule has 0 unspecified atom stereocenters. The zero-order valence-corrected chi connectivity index (χ0v) is 9.73. The third-order valence-electron chi connectivity index (χ3n) is 2.30. The van der Waals surface area contributed by atoms with Gasteiger partial charge in [0.2, 0.25) is 0 Å². The number of hydrogen-bond donors (Lipinski definition) is 0. The summed E-state index contributed by atoms with van der Waals surface area (Å²) in [6.07, 6.45) is 4.61. The first-order chi connectivity index (χ1) is 7.15. The Kier molecular flexibility index (Phi) is 4.46. The highest BCUT2D eigenvalue weighted by Gasteiger charge is 2.11. The average Bonchev–Trinajstić information content (AvgIpc) is 2.62. The van der Waals surface area contributed by atoms with Gasteiger partial charge in [0, 0.05) is 12.5 Å². The van der Waals surface area contributed by atoms with Crippen LogP contribution in [0.15, 0.2) is 6.33 Å². The number of carbonyl (C=O) groups excluding carboxylic acids is 1. The maximum absolute atomic E-state index is 11.6. The quantitative estimate of drug-likeness (QED) is 0.721. The van der Waals surface area contributed by atoms with E-state index in [0.717, 1.165) is 18.7 Å². The van der Waals surface area contributed by atoms with E-state index in [-0.39, 0.29) is 11.8 Å². The first-order valence-corrected chi connectivity index (χ1v) is 5.55. The Balaban J connectivity index is 2.56. The molecule has 0 aromatic carbocycles. The van der Waals surface area contributed by atoms with Crippen LogP contribution in [0, 0.1) is 0 Å². The number of unbranched alkanes of at least 4 members (excludes halogenated alkanes) is 1. The summed E-state index contributed by atoms with van der Waals surface area (Å²) in [4.78, 5) is 15.7. The molecule has 0 radical (unpaired) electrons. The van der Waals surface area contributed by atoms with Crippen molar-refractivity contribution in [3.05, 3.63) is 12.2 Å². The first kappa shape index (κ1) is 11.9. The molecule has 0 saturated heterocycles. The molecule has 0 spiro atoms. The van der Waals surface area contributed by atoms with Gasteiger partial charge in [0.1, 0.15) is 17.9 Å². The molecular formula is C11H19N3O. The number of Topliss-reactive ketones (excluding diaryl/α,β-unsaturated/α-hetero) is 1. The summed E-state index contributed by atoms with van der Waals surface area (Å²) in [6, 6.07) is 0.265. The van der Waals surface area contributed by atoms with Crippen molar-refractivity contribution in [1.29, 1.82) is 0 Å². The topological polar surface area (TPSA) is 47.8 Å². The van der Waals surface area contributed by atoms with Crippen LogP contribution in [0.5, 0.6) is 0 Å². The minimum absolute atomic E-state index is 0.256. The van der Waals surface area contributed by atoms with Crippen LogP contribution in [0.2, 0.25) is 0 Å². The van der Waals surface area contributed by atoms with Gasteiger partial charge in [0.05, 0.1) is 6.42 Å². The smallest absolute Gasteiger partial charge is 0.140 e. The van der Waals surface area contributed by atoms with Crippen molar-refractivity contribution in [1.82, 2.24) is 14.8 Å². The van der Waals surface area contributed by atoms with E-state index in [2.05, 4.69) is 17.0 Å². The Morgan fingerprint density at radius 1 is 1.53 bits per heavy atom. The molecule has 0 aliphatic rings. The van der Waals surface area contributed by atoms with Gasteiger partial charge in [-0.2, -0.15) is 5.10 Å². The molecule has 84 valence electrons. The first-order valence-electron chi connectivity index (χ1n) is 5.55. The third kappa shape index (κ3) is 3.46. The lowest BCUT2D eigenvalue weighted by Gasteiger charge is -2.08. The Bertz CT molecular complexity index is 317. The van der Waals surface area contributed by atoms with Gasteiger partial charge in [-0.25, -0.2) is 9.67 Å². The molecule has 4 heteroatoms. The Morgan fingerprint density at radius 2 is 2.27 bits per heavy atom. The Morgan fingerprint density at radius 3 is 2.87 bits per heavy atom. The van der Waals surface area contributed by atoms with E-state index in [0.29, 0.717) is 12.8 Å². The van der Waals surface area contributed by atoms with Gasteiger partial charge in [-0.3, -0.25) is 4.79 Å². The van der Waals surface area contributed by atoms with Crippen LogP contribution in [0.3, 0.4) is 0 Å². The van der Waals surface area contributed by atoms with Crippen molar-refractivity contribution in [3.8, 4) is 0 Å². The minimum Gasteiger partial charge on any atom is -0.299 e. The van der Waals surface area contributed by atoms with Crippen molar-refractivity contribution in [3.63, 3.8) is 0 Å². The summed E-state index contributed by atoms with van der Waals surface area (Å²) in [5.41, 5.74) is 0. The molecule has 0 fully saturated rings. The lowest BCUT2D eigenvalue weighted by Crippen LogP contribution is -2.12. The second-order valence-corrected chi connectivity index (χ2v) is 4.03. The zero-order valence-electron chi connectivity index (χ0n) is 9.73. The van der Waals surface area contributed by atoms with Crippen LogP contribution in [-0.2, 0) is 11.2 Å². The van der Waals surface area contributed by atoms with E-state index in [1.165, 1.54) is 6.33 Å². The third-order valence-corrected chi connectivity index (χ3v) is 2.30. The molecule has 1 aromatic rings. The molecule has 0 bridgehead atoms. The molecule has 1 aromatic heterocycles. The number of ketones is 1. The maximum Gasteiger partial charge on any atom is 0.140 e. The van der Waals surface area contributed by atoms with Gasteiger partial charge in [-0.1, -0.05) is 13.3 Å². The van der Waals surface area contributed by atoms with Crippen LogP contribution in [-0.4, -0.2) is 20.5 Å². The average molecular weight is 209 g/mol. The van der Waals surface area contributed by atoms with Crippen LogP contribution in [0.4, 0.5) is 0 Å². The van der Waals surface area contributed by atoms with E-state index >= 15 is 0 Å². The van der Waals surface area contributed by atoms with Crippen molar-refractivity contribution in [2.75, 3.05) is 0 Å². The molecule has 0 amide bonds. The van der Waals surface area contributed by atoms with Crippen LogP contribution >= 0.6 is 0 Å². The van der Waals surface area contributed by atoms with Crippen LogP contribution < -0.4 is 0 Å². The van der Waals surface area contributed by atoms with Crippen LogP contribution in [0.25, 0.3) is 0 Å². The van der Waals surface area contributed by atoms with E-state index < -0.39 is 0 Å². The van der Waals surface area contributed by atoms with Gasteiger partial charge < -0.3 is 0 Å². The zero-order chi connectivity index (χ0) is 11.3. The highest BCUT2D eigenvalue weighted by molar-refractivity contribution is 5.80. The fourth-order valence-corrected chi connectivity index (χ4v) is 1.47. The molecule has 0 saturated carbocycles. The maximum atomic E-state index is 11.6. The fourth-order valence-electron chi connectivity index (χ4n) is 1.47. The Labute approximate surface area is 90.7 Å². The molecule has 4 nitrogen and oxygen atoms in total. The largest absolute Gasteiger partial charge is 0.299 e. The van der Waals surface area contributed by atoms with E-state index in [4.69, 9.17) is 0 Å². The standard InChI is InChI=1S/C11H19N3O/c1-4-5-6-10(15)7-11-12-8-13-14(11)9(2)3/h8-9H,4-7H2,1-3H3. The molecule has 0 N–H and O–H groups in total. The summed E-state index contributed by atoms with van der Waals surface area (Å²) < 4.78 is 1.81. The highest BCUT2D eigenvalue weighted by atomic mass is 16.1. The number of carbonyl (C=O) groups is 1. The molecular weight excluding hydrogens is 190 g/mol. The van der Waals surface area contributed by atoms with E-state index in [1.807, 2.05) is 18.5 Å². The summed E-state index contributed by atoms with van der Waals surface area (Å²) in [7, 11) is 0. The molecule has 0 atom stereocenters. The number of hydrogen-bond acceptors (Lipinski definition) is 3. The van der Waals surface area contributed by atoms with Crippen molar-refractivity contribution in [2.45, 2.75) is 52.5 Å². The Hall–Kier alpha value is -1.19. The number of aromatic nitrogens is 3.